The zero-order chi connectivity index (χ0) is 24.3. The molecule has 1 spiro atoms. The van der Waals surface area contributed by atoms with Crippen molar-refractivity contribution in [2.45, 2.75) is 94.0 Å². The van der Waals surface area contributed by atoms with Crippen molar-refractivity contribution in [3.8, 4) is 0 Å². The number of ether oxygens (including phenoxy) is 1. The SMILES string of the molecule is CC1CC1([C@@H]1C[C@H](NCC[C@@]2(c3ccccn3)CCOC3(CCCC3)C2)c2ccnn21)C(F)(F)F. The molecule has 1 saturated heterocycles. The van der Waals surface area contributed by atoms with Crippen LogP contribution in [0.15, 0.2) is 36.7 Å². The van der Waals surface area contributed by atoms with Crippen LogP contribution in [0.5, 0.6) is 0 Å². The predicted octanol–water partition coefficient (Wildman–Crippen LogP) is 5.89. The summed E-state index contributed by atoms with van der Waals surface area (Å²) >= 11 is 0. The zero-order valence-electron chi connectivity index (χ0n) is 20.4. The van der Waals surface area contributed by atoms with Gasteiger partial charge in [-0.1, -0.05) is 25.8 Å². The molecule has 0 amide bonds. The number of halogens is 3. The Morgan fingerprint density at radius 2 is 1.94 bits per heavy atom. The van der Waals surface area contributed by atoms with E-state index < -0.39 is 17.6 Å². The Hall–Kier alpha value is -1.93. The van der Waals surface area contributed by atoms with Crippen molar-refractivity contribution in [1.29, 1.82) is 0 Å². The minimum absolute atomic E-state index is 0.0476. The van der Waals surface area contributed by atoms with Crippen molar-refractivity contribution in [1.82, 2.24) is 20.1 Å². The monoisotopic (exact) mass is 488 g/mol. The number of fused-ring (bicyclic) bond motifs is 1. The van der Waals surface area contributed by atoms with E-state index >= 15 is 0 Å². The van der Waals surface area contributed by atoms with Gasteiger partial charge in [-0.2, -0.15) is 18.3 Å². The molecule has 2 aromatic heterocycles. The van der Waals surface area contributed by atoms with Crippen LogP contribution in [0.25, 0.3) is 0 Å². The number of hydrogen-bond acceptors (Lipinski definition) is 4. The van der Waals surface area contributed by atoms with Crippen LogP contribution in [0.1, 0.15) is 88.2 Å². The van der Waals surface area contributed by atoms with Crippen LogP contribution in [-0.4, -0.2) is 39.7 Å². The van der Waals surface area contributed by atoms with Crippen LogP contribution in [0, 0.1) is 11.3 Å². The summed E-state index contributed by atoms with van der Waals surface area (Å²) in [5.74, 6) is -0.361. The Morgan fingerprint density at radius 3 is 2.63 bits per heavy atom. The van der Waals surface area contributed by atoms with Gasteiger partial charge < -0.3 is 10.1 Å². The average molecular weight is 489 g/mol. The first kappa shape index (κ1) is 23.5. The number of nitrogens with one attached hydrogen (secondary N) is 1. The number of hydrogen-bond donors (Lipinski definition) is 1. The summed E-state index contributed by atoms with van der Waals surface area (Å²) in [5, 5.41) is 7.98. The van der Waals surface area contributed by atoms with E-state index in [0.717, 1.165) is 56.6 Å². The molecule has 0 radical (unpaired) electrons. The number of pyridine rings is 1. The third-order valence-corrected chi connectivity index (χ3v) is 9.66. The maximum Gasteiger partial charge on any atom is 0.396 e. The molecule has 190 valence electrons. The molecule has 2 aliphatic carbocycles. The maximum atomic E-state index is 14.1. The second-order valence-electron chi connectivity index (χ2n) is 11.5. The van der Waals surface area contributed by atoms with Gasteiger partial charge >= 0.3 is 6.18 Å². The van der Waals surface area contributed by atoms with E-state index in [0.29, 0.717) is 6.42 Å². The zero-order valence-corrected chi connectivity index (χ0v) is 20.4. The van der Waals surface area contributed by atoms with Crippen molar-refractivity contribution < 1.29 is 17.9 Å². The lowest BCUT2D eigenvalue weighted by Gasteiger charge is -2.46. The quantitative estimate of drug-likeness (QED) is 0.551. The van der Waals surface area contributed by atoms with E-state index in [4.69, 9.17) is 9.72 Å². The van der Waals surface area contributed by atoms with Gasteiger partial charge in [-0.3, -0.25) is 9.67 Å². The van der Waals surface area contributed by atoms with Crippen molar-refractivity contribution in [3.05, 3.63) is 48.0 Å². The highest BCUT2D eigenvalue weighted by Gasteiger charge is 2.73. The van der Waals surface area contributed by atoms with Gasteiger partial charge in [-0.05, 0) is 75.6 Å². The van der Waals surface area contributed by atoms with E-state index in [1.807, 2.05) is 18.3 Å². The van der Waals surface area contributed by atoms with Gasteiger partial charge in [-0.25, -0.2) is 0 Å². The Morgan fingerprint density at radius 1 is 1.14 bits per heavy atom. The van der Waals surface area contributed by atoms with Crippen LogP contribution in [-0.2, 0) is 10.2 Å². The van der Waals surface area contributed by atoms with Crippen molar-refractivity contribution >= 4 is 0 Å². The molecule has 2 unspecified atom stereocenters. The Labute approximate surface area is 204 Å². The molecule has 8 heteroatoms. The van der Waals surface area contributed by atoms with Gasteiger partial charge in [0.05, 0.1) is 28.8 Å². The molecule has 2 aliphatic heterocycles. The van der Waals surface area contributed by atoms with E-state index in [2.05, 4.69) is 22.5 Å². The highest BCUT2D eigenvalue weighted by atomic mass is 19.4. The fourth-order valence-corrected chi connectivity index (χ4v) is 7.70. The number of nitrogens with zero attached hydrogens (tertiary/aromatic N) is 3. The highest BCUT2D eigenvalue weighted by molar-refractivity contribution is 5.23. The van der Waals surface area contributed by atoms with E-state index in [9.17, 15) is 13.2 Å². The maximum absolute atomic E-state index is 14.1. The summed E-state index contributed by atoms with van der Waals surface area (Å²) in [5.41, 5.74) is 0.230. The largest absolute Gasteiger partial charge is 0.396 e. The highest BCUT2D eigenvalue weighted by Crippen LogP contribution is 2.70. The van der Waals surface area contributed by atoms with Crippen LogP contribution >= 0.6 is 0 Å². The smallest absolute Gasteiger partial charge is 0.375 e. The van der Waals surface area contributed by atoms with Gasteiger partial charge in [0.2, 0.25) is 0 Å². The van der Waals surface area contributed by atoms with E-state index in [-0.39, 0.29) is 29.4 Å². The van der Waals surface area contributed by atoms with Crippen molar-refractivity contribution in [2.24, 2.45) is 11.3 Å². The molecule has 4 aliphatic rings. The minimum atomic E-state index is -4.21. The summed E-state index contributed by atoms with van der Waals surface area (Å²) in [7, 11) is 0. The summed E-state index contributed by atoms with van der Waals surface area (Å²) < 4.78 is 50.4. The summed E-state index contributed by atoms with van der Waals surface area (Å²) in [4.78, 5) is 4.77. The molecular weight excluding hydrogens is 453 g/mol. The minimum Gasteiger partial charge on any atom is -0.375 e. The molecule has 5 nitrogen and oxygen atoms in total. The van der Waals surface area contributed by atoms with Gasteiger partial charge in [0.1, 0.15) is 0 Å². The normalized spacial score (nSPS) is 35.9. The first-order valence-corrected chi connectivity index (χ1v) is 13.2. The number of rotatable bonds is 6. The van der Waals surface area contributed by atoms with Gasteiger partial charge in [0.25, 0.3) is 0 Å². The molecule has 5 atom stereocenters. The first-order valence-electron chi connectivity index (χ1n) is 13.2. The lowest BCUT2D eigenvalue weighted by atomic mass is 9.68. The predicted molar refractivity (Wildman–Crippen MR) is 126 cm³/mol. The fraction of sp³-hybridized carbons (Fsp3) is 0.704. The average Bonchev–Trinajstić information content (AvgIpc) is 3.21. The van der Waals surface area contributed by atoms with Crippen LogP contribution in [0.2, 0.25) is 0 Å². The Balaban J connectivity index is 1.20. The topological polar surface area (TPSA) is 52.0 Å². The second-order valence-corrected chi connectivity index (χ2v) is 11.5. The molecular formula is C27H35F3N4O. The van der Waals surface area contributed by atoms with Gasteiger partial charge in [0.15, 0.2) is 0 Å². The molecule has 1 N–H and O–H groups in total. The third-order valence-electron chi connectivity index (χ3n) is 9.66. The van der Waals surface area contributed by atoms with Crippen molar-refractivity contribution in [2.75, 3.05) is 13.2 Å². The van der Waals surface area contributed by atoms with Crippen LogP contribution < -0.4 is 5.32 Å². The molecule has 0 aromatic carbocycles. The van der Waals surface area contributed by atoms with Gasteiger partial charge in [0, 0.05) is 30.1 Å². The second kappa shape index (κ2) is 8.30. The molecule has 35 heavy (non-hydrogen) atoms. The van der Waals surface area contributed by atoms with Crippen LogP contribution in [0.4, 0.5) is 13.2 Å². The first-order chi connectivity index (χ1) is 16.8. The number of alkyl halides is 3. The van der Waals surface area contributed by atoms with Gasteiger partial charge in [-0.15, -0.1) is 0 Å². The molecule has 2 aromatic rings. The summed E-state index contributed by atoms with van der Waals surface area (Å²) in [6.07, 6.45) is 7.36. The fourth-order valence-electron chi connectivity index (χ4n) is 7.70. The molecule has 2 saturated carbocycles. The Bertz CT molecular complexity index is 1050. The molecule has 6 rings (SSSR count). The Kier molecular flexibility index (Phi) is 5.57. The lowest BCUT2D eigenvalue weighted by Crippen LogP contribution is -2.47. The van der Waals surface area contributed by atoms with E-state index in [1.54, 1.807) is 17.8 Å². The summed E-state index contributed by atoms with van der Waals surface area (Å²) in [6.45, 7) is 3.18. The third kappa shape index (κ3) is 3.74. The molecule has 3 fully saturated rings. The standard InChI is InChI=1S/C27H35F3N4O/c1-19-17-26(19,27(28,29)30)23-16-20(21-7-13-33-34(21)23)31-14-10-24(22-6-2-5-12-32-22)11-15-35-25(18-24)8-3-4-9-25/h2,5-7,12-13,19-20,23,31H,3-4,8-11,14-18H2,1H3/t19?,20-,23-,24+,26?/m0/s1. The van der Waals surface area contributed by atoms with Crippen molar-refractivity contribution in [3.63, 3.8) is 0 Å². The molecule has 0 bridgehead atoms. The lowest BCUT2D eigenvalue weighted by molar-refractivity contribution is -0.205. The van der Waals surface area contributed by atoms with Crippen LogP contribution in [0.3, 0.4) is 0 Å². The van der Waals surface area contributed by atoms with E-state index in [1.165, 1.54) is 12.8 Å². The molecule has 4 heterocycles. The number of aromatic nitrogens is 3. The summed E-state index contributed by atoms with van der Waals surface area (Å²) in [6, 6.07) is 7.28.